The Hall–Kier alpha value is -0.210. The Morgan fingerprint density at radius 2 is 2.20 bits per heavy atom. The van der Waals surface area contributed by atoms with E-state index in [-0.39, 0.29) is 0 Å². The molecule has 54 valence electrons. The SMILES string of the molecule is CNc1ccc(Cl)c(Br)c1. The molecular weight excluding hydrogens is 213 g/mol. The standard InChI is InChI=1S/C7H7BrClN/c1-10-5-2-3-7(9)6(8)4-5/h2-4,10H,1H3. The fourth-order valence-electron chi connectivity index (χ4n) is 0.652. The summed E-state index contributed by atoms with van der Waals surface area (Å²) in [4.78, 5) is 0. The fourth-order valence-corrected chi connectivity index (χ4v) is 1.15. The number of nitrogens with one attached hydrogen (secondary N) is 1. The zero-order valence-electron chi connectivity index (χ0n) is 5.49. The predicted octanol–water partition coefficient (Wildman–Crippen LogP) is 3.14. The van der Waals surface area contributed by atoms with Crippen molar-refractivity contribution in [3.05, 3.63) is 27.7 Å². The van der Waals surface area contributed by atoms with Crippen molar-refractivity contribution in [2.75, 3.05) is 12.4 Å². The van der Waals surface area contributed by atoms with Crippen LogP contribution in [0, 0.1) is 0 Å². The molecule has 1 nitrogen and oxygen atoms in total. The number of halogens is 2. The lowest BCUT2D eigenvalue weighted by Crippen LogP contribution is -1.86. The van der Waals surface area contributed by atoms with Gasteiger partial charge in [-0.2, -0.15) is 0 Å². The summed E-state index contributed by atoms with van der Waals surface area (Å²) in [5.74, 6) is 0. The molecule has 10 heavy (non-hydrogen) atoms. The summed E-state index contributed by atoms with van der Waals surface area (Å²) < 4.78 is 0.918. The van der Waals surface area contributed by atoms with Crippen LogP contribution in [0.25, 0.3) is 0 Å². The highest BCUT2D eigenvalue weighted by Crippen LogP contribution is 2.24. The number of hydrogen-bond acceptors (Lipinski definition) is 1. The van der Waals surface area contributed by atoms with Crippen molar-refractivity contribution in [2.45, 2.75) is 0 Å². The molecule has 1 N–H and O–H groups in total. The topological polar surface area (TPSA) is 12.0 Å². The van der Waals surface area contributed by atoms with Gasteiger partial charge in [-0.25, -0.2) is 0 Å². The minimum absolute atomic E-state index is 0.735. The minimum Gasteiger partial charge on any atom is -0.388 e. The van der Waals surface area contributed by atoms with Gasteiger partial charge < -0.3 is 5.32 Å². The molecule has 0 aliphatic rings. The first-order chi connectivity index (χ1) is 4.74. The lowest BCUT2D eigenvalue weighted by molar-refractivity contribution is 1.50. The predicted molar refractivity (Wildman–Crippen MR) is 48.7 cm³/mol. The van der Waals surface area contributed by atoms with E-state index in [0.717, 1.165) is 15.2 Å². The van der Waals surface area contributed by atoms with Crippen molar-refractivity contribution in [1.29, 1.82) is 0 Å². The molecule has 0 aliphatic carbocycles. The van der Waals surface area contributed by atoms with Gasteiger partial charge in [-0.3, -0.25) is 0 Å². The fraction of sp³-hybridized carbons (Fsp3) is 0.143. The molecule has 0 radical (unpaired) electrons. The van der Waals surface area contributed by atoms with Gasteiger partial charge in [-0.05, 0) is 34.1 Å². The van der Waals surface area contributed by atoms with Crippen LogP contribution in [0.1, 0.15) is 0 Å². The van der Waals surface area contributed by atoms with Crippen LogP contribution in [0.2, 0.25) is 5.02 Å². The van der Waals surface area contributed by atoms with Crippen molar-refractivity contribution in [3.8, 4) is 0 Å². The van der Waals surface area contributed by atoms with Crippen LogP contribution in [0.15, 0.2) is 22.7 Å². The third-order valence-corrected chi connectivity index (χ3v) is 2.42. The summed E-state index contributed by atoms with van der Waals surface area (Å²) in [5, 5.41) is 3.74. The average molecular weight is 220 g/mol. The largest absolute Gasteiger partial charge is 0.388 e. The van der Waals surface area contributed by atoms with Gasteiger partial charge in [-0.15, -0.1) is 0 Å². The molecule has 1 rings (SSSR count). The third kappa shape index (κ3) is 1.64. The lowest BCUT2D eigenvalue weighted by Gasteiger charge is -2.00. The minimum atomic E-state index is 0.735. The van der Waals surface area contributed by atoms with Gasteiger partial charge in [0.2, 0.25) is 0 Å². The smallest absolute Gasteiger partial charge is 0.0549 e. The third-order valence-electron chi connectivity index (χ3n) is 1.21. The number of hydrogen-bond donors (Lipinski definition) is 1. The van der Waals surface area contributed by atoms with Gasteiger partial charge in [0.15, 0.2) is 0 Å². The monoisotopic (exact) mass is 219 g/mol. The number of anilines is 1. The van der Waals surface area contributed by atoms with Crippen LogP contribution in [0.4, 0.5) is 5.69 Å². The maximum atomic E-state index is 5.76. The zero-order valence-corrected chi connectivity index (χ0v) is 7.83. The van der Waals surface area contributed by atoms with Crippen LogP contribution in [-0.2, 0) is 0 Å². The van der Waals surface area contributed by atoms with Crippen LogP contribution in [0.3, 0.4) is 0 Å². The summed E-state index contributed by atoms with van der Waals surface area (Å²) in [7, 11) is 1.87. The van der Waals surface area contributed by atoms with Crippen LogP contribution < -0.4 is 5.32 Å². The highest BCUT2D eigenvalue weighted by Gasteiger charge is 1.95. The number of benzene rings is 1. The van der Waals surface area contributed by atoms with Gasteiger partial charge in [0.25, 0.3) is 0 Å². The Labute approximate surface area is 73.5 Å². The zero-order chi connectivity index (χ0) is 7.56. The molecule has 1 aromatic rings. The maximum Gasteiger partial charge on any atom is 0.0549 e. The maximum absolute atomic E-state index is 5.76. The molecule has 0 fully saturated rings. The first-order valence-corrected chi connectivity index (χ1v) is 4.04. The summed E-state index contributed by atoms with van der Waals surface area (Å²) in [6.45, 7) is 0. The Kier molecular flexibility index (Phi) is 2.57. The molecule has 3 heteroatoms. The van der Waals surface area contributed by atoms with Crippen LogP contribution in [-0.4, -0.2) is 7.05 Å². The van der Waals surface area contributed by atoms with Gasteiger partial charge in [0.1, 0.15) is 0 Å². The highest BCUT2D eigenvalue weighted by molar-refractivity contribution is 9.10. The molecule has 0 unspecified atom stereocenters. The summed E-state index contributed by atoms with van der Waals surface area (Å²) in [5.41, 5.74) is 1.05. The Morgan fingerprint density at radius 3 is 2.70 bits per heavy atom. The second kappa shape index (κ2) is 3.26. The Bertz CT molecular complexity index is 237. The van der Waals surface area contributed by atoms with E-state index in [1.165, 1.54) is 0 Å². The molecule has 0 spiro atoms. The molecule has 0 atom stereocenters. The summed E-state index contributed by atoms with van der Waals surface area (Å²) in [6, 6.07) is 5.70. The Morgan fingerprint density at radius 1 is 1.50 bits per heavy atom. The highest BCUT2D eigenvalue weighted by atomic mass is 79.9. The van der Waals surface area contributed by atoms with Crippen molar-refractivity contribution in [1.82, 2.24) is 0 Å². The van der Waals surface area contributed by atoms with Crippen molar-refractivity contribution >= 4 is 33.2 Å². The van der Waals surface area contributed by atoms with E-state index in [4.69, 9.17) is 11.6 Å². The van der Waals surface area contributed by atoms with Crippen molar-refractivity contribution in [3.63, 3.8) is 0 Å². The molecule has 0 aliphatic heterocycles. The van der Waals surface area contributed by atoms with Crippen LogP contribution >= 0.6 is 27.5 Å². The van der Waals surface area contributed by atoms with Crippen LogP contribution in [0.5, 0.6) is 0 Å². The normalized spacial score (nSPS) is 9.50. The van der Waals surface area contributed by atoms with E-state index in [2.05, 4.69) is 21.2 Å². The molecule has 1 aromatic carbocycles. The second-order valence-corrected chi connectivity index (χ2v) is 3.14. The quantitative estimate of drug-likeness (QED) is 0.767. The van der Waals surface area contributed by atoms with E-state index in [1.807, 2.05) is 25.2 Å². The van der Waals surface area contributed by atoms with E-state index in [9.17, 15) is 0 Å². The summed E-state index contributed by atoms with van der Waals surface area (Å²) in [6.07, 6.45) is 0. The molecule has 0 saturated heterocycles. The second-order valence-electron chi connectivity index (χ2n) is 1.88. The first-order valence-electron chi connectivity index (χ1n) is 2.87. The number of rotatable bonds is 1. The van der Waals surface area contributed by atoms with Gasteiger partial charge in [0.05, 0.1) is 5.02 Å². The molecule has 0 heterocycles. The first kappa shape index (κ1) is 7.89. The summed E-state index contributed by atoms with van der Waals surface area (Å²) >= 11 is 9.08. The van der Waals surface area contributed by atoms with E-state index < -0.39 is 0 Å². The molecule has 0 saturated carbocycles. The van der Waals surface area contributed by atoms with Gasteiger partial charge in [0, 0.05) is 17.2 Å². The van der Waals surface area contributed by atoms with Crippen molar-refractivity contribution in [2.24, 2.45) is 0 Å². The molecule has 0 amide bonds. The lowest BCUT2D eigenvalue weighted by atomic mass is 10.3. The van der Waals surface area contributed by atoms with Crippen molar-refractivity contribution < 1.29 is 0 Å². The van der Waals surface area contributed by atoms with Gasteiger partial charge >= 0.3 is 0 Å². The molecule has 0 aromatic heterocycles. The average Bonchev–Trinajstić information content (AvgIpc) is 1.95. The van der Waals surface area contributed by atoms with E-state index >= 15 is 0 Å². The van der Waals surface area contributed by atoms with E-state index in [1.54, 1.807) is 0 Å². The Balaban J connectivity index is 3.04. The van der Waals surface area contributed by atoms with Gasteiger partial charge in [-0.1, -0.05) is 11.6 Å². The molecule has 0 bridgehead atoms. The molecular formula is C7H7BrClN. The van der Waals surface area contributed by atoms with E-state index in [0.29, 0.717) is 0 Å².